The third-order valence-electron chi connectivity index (χ3n) is 6.08. The number of hydrogen-bond acceptors (Lipinski definition) is 0. The Labute approximate surface area is 138 Å². The summed E-state index contributed by atoms with van der Waals surface area (Å²) in [6.45, 7) is 15.9. The SMILES string of the molecule is Cc1cc2cc(C)c3cc(C)c(C)c4c(C)c(C)c(c1C)c2c34. The smallest absolute Gasteiger partial charge is 0.00183 e. The van der Waals surface area contributed by atoms with E-state index >= 15 is 0 Å². The van der Waals surface area contributed by atoms with E-state index in [0.717, 1.165) is 0 Å². The summed E-state index contributed by atoms with van der Waals surface area (Å²) in [6, 6.07) is 7.13. The third-order valence-corrected chi connectivity index (χ3v) is 6.08. The highest BCUT2D eigenvalue weighted by Crippen LogP contribution is 2.44. The van der Waals surface area contributed by atoms with Crippen LogP contribution in [0.2, 0.25) is 0 Å². The van der Waals surface area contributed by atoms with Crippen molar-refractivity contribution in [2.75, 3.05) is 0 Å². The Morgan fingerprint density at radius 3 is 1.52 bits per heavy atom. The molecule has 0 amide bonds. The van der Waals surface area contributed by atoms with Crippen molar-refractivity contribution in [3.63, 3.8) is 0 Å². The van der Waals surface area contributed by atoms with Crippen LogP contribution in [0.25, 0.3) is 32.3 Å². The monoisotopic (exact) mass is 300 g/mol. The minimum Gasteiger partial charge on any atom is -0.0511 e. The van der Waals surface area contributed by atoms with Gasteiger partial charge in [-0.15, -0.1) is 0 Å². The van der Waals surface area contributed by atoms with Gasteiger partial charge >= 0.3 is 0 Å². The summed E-state index contributed by atoms with van der Waals surface area (Å²) in [6.07, 6.45) is 0. The van der Waals surface area contributed by atoms with Gasteiger partial charge in [-0.05, 0) is 120 Å². The van der Waals surface area contributed by atoms with Crippen molar-refractivity contribution >= 4 is 32.3 Å². The minimum absolute atomic E-state index is 1.39. The van der Waals surface area contributed by atoms with Crippen molar-refractivity contribution in [1.29, 1.82) is 0 Å². The Bertz CT molecular complexity index is 1110. The lowest BCUT2D eigenvalue weighted by atomic mass is 9.81. The average Bonchev–Trinajstić information content (AvgIpc) is 2.49. The normalized spacial score (nSPS) is 12.1. The van der Waals surface area contributed by atoms with Crippen LogP contribution in [0.1, 0.15) is 38.9 Å². The zero-order valence-corrected chi connectivity index (χ0v) is 15.2. The number of rotatable bonds is 0. The third kappa shape index (κ3) is 1.67. The minimum atomic E-state index is 1.39. The van der Waals surface area contributed by atoms with Crippen LogP contribution in [-0.2, 0) is 0 Å². The van der Waals surface area contributed by atoms with E-state index in [4.69, 9.17) is 0 Å². The molecule has 0 spiro atoms. The van der Waals surface area contributed by atoms with E-state index in [1.165, 1.54) is 71.3 Å². The molecule has 0 atom stereocenters. The molecule has 0 saturated heterocycles. The van der Waals surface area contributed by atoms with Crippen LogP contribution < -0.4 is 0 Å². The first-order chi connectivity index (χ1) is 10.8. The molecule has 0 unspecified atom stereocenters. The molecule has 0 radical (unpaired) electrons. The lowest BCUT2D eigenvalue weighted by Gasteiger charge is -2.22. The molecule has 0 aliphatic rings. The van der Waals surface area contributed by atoms with Crippen molar-refractivity contribution in [1.82, 2.24) is 0 Å². The zero-order valence-electron chi connectivity index (χ0n) is 15.2. The molecule has 0 bridgehead atoms. The van der Waals surface area contributed by atoms with Crippen molar-refractivity contribution in [3.05, 3.63) is 57.1 Å². The fourth-order valence-corrected chi connectivity index (χ4v) is 4.44. The fourth-order valence-electron chi connectivity index (χ4n) is 4.44. The Kier molecular flexibility index (Phi) is 2.82. The van der Waals surface area contributed by atoms with Gasteiger partial charge in [0.2, 0.25) is 0 Å². The standard InChI is InChI=1S/C23H24/c1-11-8-18-9-13(3)19-10-12(2)15(5)21-17(7)16(6)20(14(11)4)22(18)23(19)21/h8-10H,1-7H3. The van der Waals surface area contributed by atoms with E-state index in [0.29, 0.717) is 0 Å². The van der Waals surface area contributed by atoms with Crippen LogP contribution in [-0.4, -0.2) is 0 Å². The van der Waals surface area contributed by atoms with Gasteiger partial charge < -0.3 is 0 Å². The first kappa shape index (κ1) is 14.5. The number of aryl methyl sites for hydroxylation is 7. The lowest BCUT2D eigenvalue weighted by Crippen LogP contribution is -1.99. The first-order valence-corrected chi connectivity index (χ1v) is 8.48. The van der Waals surface area contributed by atoms with E-state index in [2.05, 4.69) is 66.7 Å². The number of hydrogen-bond donors (Lipinski definition) is 0. The first-order valence-electron chi connectivity index (χ1n) is 8.48. The van der Waals surface area contributed by atoms with Crippen molar-refractivity contribution in [3.8, 4) is 0 Å². The molecule has 0 heteroatoms. The Hall–Kier alpha value is -2.08. The van der Waals surface area contributed by atoms with Crippen LogP contribution in [0.3, 0.4) is 0 Å². The van der Waals surface area contributed by atoms with Gasteiger partial charge in [-0.25, -0.2) is 0 Å². The summed E-state index contributed by atoms with van der Waals surface area (Å²) in [5.74, 6) is 0. The quantitative estimate of drug-likeness (QED) is 0.315. The summed E-state index contributed by atoms with van der Waals surface area (Å²) >= 11 is 0. The second-order valence-electron chi connectivity index (χ2n) is 7.35. The van der Waals surface area contributed by atoms with E-state index in [1.807, 2.05) is 0 Å². The average molecular weight is 300 g/mol. The van der Waals surface area contributed by atoms with Gasteiger partial charge in [0.1, 0.15) is 0 Å². The van der Waals surface area contributed by atoms with Crippen LogP contribution >= 0.6 is 0 Å². The fraction of sp³-hybridized carbons (Fsp3) is 0.304. The van der Waals surface area contributed by atoms with Gasteiger partial charge in [-0.3, -0.25) is 0 Å². The molecule has 0 aliphatic carbocycles. The van der Waals surface area contributed by atoms with Crippen LogP contribution in [0.4, 0.5) is 0 Å². The Balaban J connectivity index is 2.53. The molecule has 4 aromatic rings. The topological polar surface area (TPSA) is 0 Å². The highest BCUT2D eigenvalue weighted by atomic mass is 14.2. The molecule has 0 heterocycles. The number of benzene rings is 4. The van der Waals surface area contributed by atoms with Gasteiger partial charge in [0.15, 0.2) is 0 Å². The molecular formula is C23H24. The summed E-state index contributed by atoms with van der Waals surface area (Å²) in [5, 5.41) is 8.70. The maximum Gasteiger partial charge on any atom is -0.00183 e. The predicted molar refractivity (Wildman–Crippen MR) is 103 cm³/mol. The summed E-state index contributed by atoms with van der Waals surface area (Å²) in [7, 11) is 0. The van der Waals surface area contributed by atoms with E-state index in [1.54, 1.807) is 0 Å². The van der Waals surface area contributed by atoms with Crippen LogP contribution in [0.5, 0.6) is 0 Å². The van der Waals surface area contributed by atoms with Crippen LogP contribution in [0.15, 0.2) is 18.2 Å². The molecular weight excluding hydrogens is 276 g/mol. The highest BCUT2D eigenvalue weighted by Gasteiger charge is 2.19. The zero-order chi connectivity index (χ0) is 16.6. The van der Waals surface area contributed by atoms with Crippen molar-refractivity contribution in [2.24, 2.45) is 0 Å². The summed E-state index contributed by atoms with van der Waals surface area (Å²) in [5.41, 5.74) is 9.94. The molecule has 0 saturated carbocycles. The summed E-state index contributed by atoms with van der Waals surface area (Å²) < 4.78 is 0. The second kappa shape index (κ2) is 4.47. The molecule has 116 valence electrons. The Morgan fingerprint density at radius 1 is 0.435 bits per heavy atom. The molecule has 4 aromatic carbocycles. The Morgan fingerprint density at radius 2 is 0.913 bits per heavy atom. The summed E-state index contributed by atoms with van der Waals surface area (Å²) in [4.78, 5) is 0. The van der Waals surface area contributed by atoms with Gasteiger partial charge in [-0.1, -0.05) is 18.2 Å². The predicted octanol–water partition coefficient (Wildman–Crippen LogP) is 6.74. The van der Waals surface area contributed by atoms with Gasteiger partial charge in [0.25, 0.3) is 0 Å². The van der Waals surface area contributed by atoms with E-state index < -0.39 is 0 Å². The van der Waals surface area contributed by atoms with Gasteiger partial charge in [-0.2, -0.15) is 0 Å². The van der Waals surface area contributed by atoms with Crippen molar-refractivity contribution < 1.29 is 0 Å². The lowest BCUT2D eigenvalue weighted by molar-refractivity contribution is 1.32. The molecule has 4 rings (SSSR count). The second-order valence-corrected chi connectivity index (χ2v) is 7.35. The molecule has 23 heavy (non-hydrogen) atoms. The van der Waals surface area contributed by atoms with Crippen LogP contribution in [0, 0.1) is 48.5 Å². The molecule has 0 nitrogen and oxygen atoms in total. The largest absolute Gasteiger partial charge is 0.0511 e. The highest BCUT2D eigenvalue weighted by molar-refractivity contribution is 6.27. The molecule has 0 aliphatic heterocycles. The van der Waals surface area contributed by atoms with E-state index in [-0.39, 0.29) is 0 Å². The molecule has 0 fully saturated rings. The van der Waals surface area contributed by atoms with Gasteiger partial charge in [0, 0.05) is 0 Å². The maximum absolute atomic E-state index is 2.38. The van der Waals surface area contributed by atoms with E-state index in [9.17, 15) is 0 Å². The molecule has 0 aromatic heterocycles. The maximum atomic E-state index is 2.38. The van der Waals surface area contributed by atoms with Gasteiger partial charge in [0.05, 0.1) is 0 Å². The molecule has 0 N–H and O–H groups in total. The van der Waals surface area contributed by atoms with Crippen molar-refractivity contribution in [2.45, 2.75) is 48.5 Å².